The van der Waals surface area contributed by atoms with Crippen molar-refractivity contribution in [3.8, 4) is 11.5 Å². The van der Waals surface area contributed by atoms with Gasteiger partial charge in [0.1, 0.15) is 5.82 Å². The number of rotatable bonds is 6. The third-order valence-electron chi connectivity index (χ3n) is 6.55. The van der Waals surface area contributed by atoms with E-state index in [2.05, 4.69) is 21.2 Å². The SMILES string of the molecule is COc1ccc([C@H]2CC(=O)C3=C(C2)NC(C)=C(C(=O)OC(C)C)[C@@H]3c2ccc(F)c(Br)c2)cc1OC. The number of carbonyl (C=O) groups excluding carboxylic acids is 2. The average molecular weight is 558 g/mol. The van der Waals surface area contributed by atoms with Gasteiger partial charge in [-0.05, 0) is 84.4 Å². The van der Waals surface area contributed by atoms with Gasteiger partial charge in [-0.25, -0.2) is 9.18 Å². The fourth-order valence-electron chi connectivity index (χ4n) is 4.95. The molecule has 2 aliphatic rings. The van der Waals surface area contributed by atoms with Gasteiger partial charge in [0, 0.05) is 29.3 Å². The molecule has 0 aromatic heterocycles. The van der Waals surface area contributed by atoms with Gasteiger partial charge in [-0.3, -0.25) is 4.79 Å². The Morgan fingerprint density at radius 3 is 2.39 bits per heavy atom. The summed E-state index contributed by atoms with van der Waals surface area (Å²) < 4.78 is 30.7. The number of hydrogen-bond donors (Lipinski definition) is 1. The summed E-state index contributed by atoms with van der Waals surface area (Å²) in [6.45, 7) is 5.35. The molecule has 2 atom stereocenters. The summed E-state index contributed by atoms with van der Waals surface area (Å²) in [5.41, 5.74) is 3.86. The number of benzene rings is 2. The van der Waals surface area contributed by atoms with Gasteiger partial charge in [-0.15, -0.1) is 0 Å². The number of halogens is 2. The van der Waals surface area contributed by atoms with Crippen molar-refractivity contribution in [3.05, 3.63) is 80.4 Å². The van der Waals surface area contributed by atoms with Crippen molar-refractivity contribution in [2.24, 2.45) is 0 Å². The van der Waals surface area contributed by atoms with Crippen molar-refractivity contribution in [3.63, 3.8) is 0 Å². The molecule has 6 nitrogen and oxygen atoms in total. The van der Waals surface area contributed by atoms with Crippen molar-refractivity contribution in [2.45, 2.75) is 51.6 Å². The van der Waals surface area contributed by atoms with Crippen LogP contribution >= 0.6 is 15.9 Å². The number of ether oxygens (including phenoxy) is 3. The maximum atomic E-state index is 14.1. The summed E-state index contributed by atoms with van der Waals surface area (Å²) >= 11 is 3.25. The van der Waals surface area contributed by atoms with Gasteiger partial charge >= 0.3 is 5.97 Å². The van der Waals surface area contributed by atoms with E-state index >= 15 is 0 Å². The molecule has 4 rings (SSSR count). The molecular weight excluding hydrogens is 529 g/mol. The Morgan fingerprint density at radius 2 is 1.75 bits per heavy atom. The molecule has 0 saturated carbocycles. The molecule has 0 radical (unpaired) electrons. The molecule has 0 bridgehead atoms. The summed E-state index contributed by atoms with van der Waals surface area (Å²) in [7, 11) is 3.16. The number of allylic oxidation sites excluding steroid dienone is 3. The highest BCUT2D eigenvalue weighted by molar-refractivity contribution is 9.10. The number of hydrogen-bond acceptors (Lipinski definition) is 6. The minimum atomic E-state index is -0.664. The van der Waals surface area contributed by atoms with Gasteiger partial charge in [-0.2, -0.15) is 0 Å². The maximum absolute atomic E-state index is 14.1. The molecule has 1 N–H and O–H groups in total. The van der Waals surface area contributed by atoms with E-state index < -0.39 is 17.7 Å². The Labute approximate surface area is 218 Å². The first-order chi connectivity index (χ1) is 17.1. The van der Waals surface area contributed by atoms with Crippen LogP contribution in [0.3, 0.4) is 0 Å². The smallest absolute Gasteiger partial charge is 0.337 e. The van der Waals surface area contributed by atoms with Crippen LogP contribution in [0.4, 0.5) is 4.39 Å². The van der Waals surface area contributed by atoms with Gasteiger partial charge in [0.2, 0.25) is 0 Å². The Balaban J connectivity index is 1.79. The lowest BCUT2D eigenvalue weighted by Gasteiger charge is -2.37. The van der Waals surface area contributed by atoms with Crippen molar-refractivity contribution in [1.82, 2.24) is 5.32 Å². The molecule has 1 aliphatic carbocycles. The lowest BCUT2D eigenvalue weighted by atomic mass is 9.71. The Kier molecular flexibility index (Phi) is 7.54. The van der Waals surface area contributed by atoms with Gasteiger partial charge in [-0.1, -0.05) is 12.1 Å². The molecular formula is C28H29BrFNO5. The average Bonchev–Trinajstić information content (AvgIpc) is 2.83. The minimum absolute atomic E-state index is 0.0728. The van der Waals surface area contributed by atoms with Crippen LogP contribution in [-0.2, 0) is 14.3 Å². The Morgan fingerprint density at radius 1 is 1.06 bits per heavy atom. The first-order valence-corrected chi connectivity index (χ1v) is 12.6. The first-order valence-electron chi connectivity index (χ1n) is 11.8. The molecule has 0 fully saturated rings. The van der Waals surface area contributed by atoms with Crippen molar-refractivity contribution < 1.29 is 28.2 Å². The molecule has 190 valence electrons. The Bertz CT molecular complexity index is 1280. The molecule has 0 unspecified atom stereocenters. The number of esters is 1. The standard InChI is InChI=1S/C28H29BrFNO5/c1-14(2)36-28(33)25-15(3)31-21-11-18(16-7-9-23(34-4)24(13-16)35-5)12-22(32)27(21)26(25)17-6-8-20(30)19(29)10-17/h6-10,13-14,18,26,31H,11-12H2,1-5H3/t18-,26+/m1/s1. The van der Waals surface area contributed by atoms with Gasteiger partial charge in [0.05, 0.1) is 30.4 Å². The lowest BCUT2D eigenvalue weighted by molar-refractivity contribution is -0.143. The zero-order chi connectivity index (χ0) is 26.1. The fourth-order valence-corrected chi connectivity index (χ4v) is 5.35. The van der Waals surface area contributed by atoms with Crippen LogP contribution < -0.4 is 14.8 Å². The number of dihydropyridines is 1. The predicted molar refractivity (Wildman–Crippen MR) is 137 cm³/mol. The Hall–Kier alpha value is -3.13. The maximum Gasteiger partial charge on any atom is 0.337 e. The zero-order valence-corrected chi connectivity index (χ0v) is 22.5. The number of carbonyl (C=O) groups is 2. The summed E-state index contributed by atoms with van der Waals surface area (Å²) in [6.07, 6.45) is 0.505. The first kappa shape index (κ1) is 25.9. The van der Waals surface area contributed by atoms with Crippen LogP contribution in [0.1, 0.15) is 56.6 Å². The highest BCUT2D eigenvalue weighted by atomic mass is 79.9. The summed E-state index contributed by atoms with van der Waals surface area (Å²) in [6, 6.07) is 10.2. The molecule has 0 amide bonds. The number of ketones is 1. The second kappa shape index (κ2) is 10.5. The summed E-state index contributed by atoms with van der Waals surface area (Å²) in [4.78, 5) is 26.9. The van der Waals surface area contributed by atoms with E-state index in [0.29, 0.717) is 40.3 Å². The quantitative estimate of drug-likeness (QED) is 0.444. The van der Waals surface area contributed by atoms with E-state index in [4.69, 9.17) is 14.2 Å². The van der Waals surface area contributed by atoms with Gasteiger partial charge in [0.25, 0.3) is 0 Å². The van der Waals surface area contributed by atoms with Crippen LogP contribution in [0.15, 0.2) is 63.4 Å². The third kappa shape index (κ3) is 4.91. The number of Topliss-reactive ketones (excluding diaryl/α,β-unsaturated/α-hetero) is 1. The minimum Gasteiger partial charge on any atom is -0.493 e. The van der Waals surface area contributed by atoms with E-state index in [0.717, 1.165) is 11.3 Å². The molecule has 1 heterocycles. The number of nitrogens with one attached hydrogen (secondary N) is 1. The van der Waals surface area contributed by atoms with Gasteiger partial charge in [0.15, 0.2) is 17.3 Å². The molecule has 0 saturated heterocycles. The van der Waals surface area contributed by atoms with Crippen molar-refractivity contribution in [2.75, 3.05) is 14.2 Å². The third-order valence-corrected chi connectivity index (χ3v) is 7.15. The van der Waals surface area contributed by atoms with E-state index in [1.54, 1.807) is 47.1 Å². The zero-order valence-electron chi connectivity index (χ0n) is 20.9. The molecule has 0 spiro atoms. The summed E-state index contributed by atoms with van der Waals surface area (Å²) in [5.74, 6) is -0.518. The molecule has 1 aliphatic heterocycles. The van der Waals surface area contributed by atoms with Crippen molar-refractivity contribution in [1.29, 1.82) is 0 Å². The van der Waals surface area contributed by atoms with Crippen molar-refractivity contribution >= 4 is 27.7 Å². The van der Waals surface area contributed by atoms with E-state index in [9.17, 15) is 14.0 Å². The normalized spacial score (nSPS) is 19.7. The van der Waals surface area contributed by atoms with Crippen LogP contribution in [-0.4, -0.2) is 32.1 Å². The van der Waals surface area contributed by atoms with Gasteiger partial charge < -0.3 is 19.5 Å². The molecule has 36 heavy (non-hydrogen) atoms. The summed E-state index contributed by atoms with van der Waals surface area (Å²) in [5, 5.41) is 3.33. The molecule has 8 heteroatoms. The second-order valence-corrected chi connectivity index (χ2v) is 10.1. The number of methoxy groups -OCH3 is 2. The highest BCUT2D eigenvalue weighted by Gasteiger charge is 2.41. The second-order valence-electron chi connectivity index (χ2n) is 9.26. The monoisotopic (exact) mass is 557 g/mol. The van der Waals surface area contributed by atoms with E-state index in [-0.39, 0.29) is 28.7 Å². The molecule has 2 aromatic carbocycles. The highest BCUT2D eigenvalue weighted by Crippen LogP contribution is 2.47. The largest absolute Gasteiger partial charge is 0.493 e. The van der Waals surface area contributed by atoms with E-state index in [1.165, 1.54) is 6.07 Å². The van der Waals surface area contributed by atoms with E-state index in [1.807, 2.05) is 18.2 Å². The van der Waals surface area contributed by atoms with Crippen LogP contribution in [0.25, 0.3) is 0 Å². The lowest BCUT2D eigenvalue weighted by Crippen LogP contribution is -2.36. The molecule has 2 aromatic rings. The van der Waals surface area contributed by atoms with Crippen LogP contribution in [0, 0.1) is 5.82 Å². The predicted octanol–water partition coefficient (Wildman–Crippen LogP) is 5.92. The van der Waals surface area contributed by atoms with Crippen LogP contribution in [0.5, 0.6) is 11.5 Å². The van der Waals surface area contributed by atoms with Crippen LogP contribution in [0.2, 0.25) is 0 Å². The fraction of sp³-hybridized carbons (Fsp3) is 0.357. The topological polar surface area (TPSA) is 73.9 Å².